The first-order chi connectivity index (χ1) is 16.7. The molecule has 3 aromatic rings. The first kappa shape index (κ1) is 26.2. The number of sulfonamides is 1. The van der Waals surface area contributed by atoms with E-state index in [1.54, 1.807) is 56.4 Å². The highest BCUT2D eigenvalue weighted by molar-refractivity contribution is 7.89. The lowest BCUT2D eigenvalue weighted by Gasteiger charge is -2.18. The molecule has 0 bridgehead atoms. The smallest absolute Gasteiger partial charge is 0.322 e. The largest absolute Gasteiger partial charge is 0.494 e. The van der Waals surface area contributed by atoms with Gasteiger partial charge in [-0.3, -0.25) is 4.79 Å². The number of aryl methyl sites for hydroxylation is 3. The zero-order valence-corrected chi connectivity index (χ0v) is 20.9. The first-order valence-electron chi connectivity index (χ1n) is 11.4. The fraction of sp³-hybridized carbons (Fsp3) is 0.308. The van der Waals surface area contributed by atoms with Gasteiger partial charge in [0.15, 0.2) is 0 Å². The molecule has 0 spiro atoms. The fourth-order valence-corrected chi connectivity index (χ4v) is 5.56. The predicted octanol–water partition coefficient (Wildman–Crippen LogP) is 3.86. The Morgan fingerprint density at radius 1 is 1.06 bits per heavy atom. The Bertz CT molecular complexity index is 1220. The average Bonchev–Trinajstić information content (AvgIpc) is 2.79. The lowest BCUT2D eigenvalue weighted by molar-refractivity contribution is -0.138. The Hall–Kier alpha value is -3.43. The number of rotatable bonds is 12. The number of pyridine rings is 1. The van der Waals surface area contributed by atoms with Crippen LogP contribution >= 0.6 is 0 Å². The maximum absolute atomic E-state index is 13.0. The van der Waals surface area contributed by atoms with Crippen LogP contribution in [0.1, 0.15) is 28.7 Å². The number of anilines is 1. The minimum atomic E-state index is -4.01. The van der Waals surface area contributed by atoms with Gasteiger partial charge in [-0.15, -0.1) is 0 Å². The van der Waals surface area contributed by atoms with Crippen LogP contribution in [0.4, 0.5) is 5.82 Å². The highest BCUT2D eigenvalue weighted by Crippen LogP contribution is 2.22. The van der Waals surface area contributed by atoms with Crippen molar-refractivity contribution in [3.63, 3.8) is 0 Å². The van der Waals surface area contributed by atoms with E-state index < -0.39 is 22.0 Å². The van der Waals surface area contributed by atoms with Gasteiger partial charge in [-0.05, 0) is 74.6 Å². The van der Waals surface area contributed by atoms with Gasteiger partial charge in [0.25, 0.3) is 0 Å². The van der Waals surface area contributed by atoms with Gasteiger partial charge in [0.05, 0.1) is 11.5 Å². The number of hydrogen-bond donors (Lipinski definition) is 3. The number of benzene rings is 2. The van der Waals surface area contributed by atoms with E-state index in [9.17, 15) is 18.3 Å². The molecule has 1 aromatic heterocycles. The van der Waals surface area contributed by atoms with Gasteiger partial charge in [-0.25, -0.2) is 13.4 Å². The van der Waals surface area contributed by atoms with Crippen molar-refractivity contribution in [3.05, 3.63) is 83.0 Å². The molecule has 0 aliphatic rings. The van der Waals surface area contributed by atoms with Crippen molar-refractivity contribution in [2.24, 2.45) is 0 Å². The molecule has 1 heterocycles. The van der Waals surface area contributed by atoms with E-state index in [4.69, 9.17) is 4.74 Å². The number of carbonyl (C=O) groups is 1. The van der Waals surface area contributed by atoms with Crippen LogP contribution in [0, 0.1) is 20.8 Å². The zero-order chi connectivity index (χ0) is 25.4. The summed E-state index contributed by atoms with van der Waals surface area (Å²) in [5, 5.41) is 12.9. The van der Waals surface area contributed by atoms with Crippen LogP contribution in [-0.4, -0.2) is 43.7 Å². The number of hydrogen-bond acceptors (Lipinski definition) is 6. The maximum Gasteiger partial charge on any atom is 0.322 e. The van der Waals surface area contributed by atoms with Crippen molar-refractivity contribution in [1.29, 1.82) is 0 Å². The Morgan fingerprint density at radius 3 is 2.34 bits per heavy atom. The second-order valence-corrected chi connectivity index (χ2v) is 10.1. The van der Waals surface area contributed by atoms with Gasteiger partial charge in [0.2, 0.25) is 10.0 Å². The van der Waals surface area contributed by atoms with Gasteiger partial charge < -0.3 is 15.2 Å². The molecule has 2 aromatic carbocycles. The third-order valence-corrected chi connectivity index (χ3v) is 7.17. The highest BCUT2D eigenvalue weighted by atomic mass is 32.2. The zero-order valence-electron chi connectivity index (χ0n) is 20.1. The van der Waals surface area contributed by atoms with E-state index in [0.717, 1.165) is 24.3 Å². The van der Waals surface area contributed by atoms with Crippen LogP contribution < -0.4 is 14.8 Å². The van der Waals surface area contributed by atoms with Gasteiger partial charge in [0.1, 0.15) is 17.6 Å². The molecule has 0 aliphatic carbocycles. The monoisotopic (exact) mass is 497 g/mol. The van der Waals surface area contributed by atoms with E-state index in [1.165, 1.54) is 0 Å². The van der Waals surface area contributed by atoms with Gasteiger partial charge in [-0.2, -0.15) is 4.72 Å². The van der Waals surface area contributed by atoms with Crippen LogP contribution in [0.3, 0.4) is 0 Å². The summed E-state index contributed by atoms with van der Waals surface area (Å²) in [6.07, 6.45) is 2.51. The molecule has 8 nitrogen and oxygen atoms in total. The minimum absolute atomic E-state index is 0.00674. The summed E-state index contributed by atoms with van der Waals surface area (Å²) < 4.78 is 34.1. The molecule has 0 radical (unpaired) electrons. The van der Waals surface area contributed by atoms with Crippen LogP contribution in [0.15, 0.2) is 65.7 Å². The lowest BCUT2D eigenvalue weighted by Crippen LogP contribution is -2.42. The van der Waals surface area contributed by atoms with Crippen molar-refractivity contribution in [2.75, 3.05) is 18.5 Å². The van der Waals surface area contributed by atoms with Crippen molar-refractivity contribution in [2.45, 2.75) is 44.6 Å². The summed E-state index contributed by atoms with van der Waals surface area (Å²) in [7, 11) is -4.01. The number of nitrogens with one attached hydrogen (secondary N) is 2. The molecule has 0 unspecified atom stereocenters. The van der Waals surface area contributed by atoms with Crippen molar-refractivity contribution >= 4 is 21.8 Å². The highest BCUT2D eigenvalue weighted by Gasteiger charge is 2.28. The second kappa shape index (κ2) is 11.8. The van der Waals surface area contributed by atoms with E-state index in [1.807, 2.05) is 25.1 Å². The summed E-state index contributed by atoms with van der Waals surface area (Å²) in [6, 6.07) is 14.9. The van der Waals surface area contributed by atoms with E-state index in [-0.39, 0.29) is 11.3 Å². The number of carboxylic acid groups (broad SMARTS) is 1. The van der Waals surface area contributed by atoms with Gasteiger partial charge in [-0.1, -0.05) is 35.9 Å². The Balaban J connectivity index is 1.56. The maximum atomic E-state index is 13.0. The molecule has 3 rings (SSSR count). The molecule has 0 fully saturated rings. The van der Waals surface area contributed by atoms with Crippen LogP contribution in [0.5, 0.6) is 5.75 Å². The quantitative estimate of drug-likeness (QED) is 0.325. The second-order valence-electron chi connectivity index (χ2n) is 8.43. The summed E-state index contributed by atoms with van der Waals surface area (Å²) in [4.78, 5) is 16.2. The standard InChI is InChI=1S/C26H31N3O5S/c1-18-15-19(2)25(20(3)16-18)35(32,33)29-23(26(30)31)17-21-8-10-22(11-9-21)34-14-6-13-28-24-7-4-5-12-27-24/h4-5,7-12,15-16,23,29H,6,13-14,17H2,1-3H3,(H,27,28)(H,30,31)/t23-/m0/s1. The molecule has 0 saturated carbocycles. The number of aromatic nitrogens is 1. The Kier molecular flexibility index (Phi) is 8.84. The summed E-state index contributed by atoms with van der Waals surface area (Å²) >= 11 is 0. The molecule has 1 atom stereocenters. The number of ether oxygens (including phenoxy) is 1. The predicted molar refractivity (Wildman–Crippen MR) is 135 cm³/mol. The Morgan fingerprint density at radius 2 is 1.74 bits per heavy atom. The van der Waals surface area contributed by atoms with Crippen molar-refractivity contribution in [3.8, 4) is 5.75 Å². The summed E-state index contributed by atoms with van der Waals surface area (Å²) in [6.45, 7) is 6.52. The first-order valence-corrected chi connectivity index (χ1v) is 12.8. The normalized spacial score (nSPS) is 12.2. The molecular weight excluding hydrogens is 466 g/mol. The molecule has 9 heteroatoms. The molecule has 0 aliphatic heterocycles. The van der Waals surface area contributed by atoms with Gasteiger partial charge in [0, 0.05) is 12.7 Å². The third-order valence-electron chi connectivity index (χ3n) is 5.39. The molecule has 0 amide bonds. The summed E-state index contributed by atoms with van der Waals surface area (Å²) in [5.74, 6) is 0.231. The van der Waals surface area contributed by atoms with Crippen molar-refractivity contribution < 1.29 is 23.1 Å². The number of carboxylic acids is 1. The Labute approximate surface area is 206 Å². The van der Waals surface area contributed by atoms with E-state index in [2.05, 4.69) is 15.0 Å². The minimum Gasteiger partial charge on any atom is -0.494 e. The molecule has 0 saturated heterocycles. The molecule has 35 heavy (non-hydrogen) atoms. The van der Waals surface area contributed by atoms with Crippen LogP contribution in [0.25, 0.3) is 0 Å². The topological polar surface area (TPSA) is 118 Å². The van der Waals surface area contributed by atoms with Crippen LogP contribution in [-0.2, 0) is 21.2 Å². The fourth-order valence-electron chi connectivity index (χ4n) is 3.92. The van der Waals surface area contributed by atoms with Gasteiger partial charge >= 0.3 is 5.97 Å². The average molecular weight is 498 g/mol. The van der Waals surface area contributed by atoms with E-state index >= 15 is 0 Å². The molecule has 186 valence electrons. The van der Waals surface area contributed by atoms with E-state index in [0.29, 0.717) is 29.0 Å². The third kappa shape index (κ3) is 7.53. The van der Waals surface area contributed by atoms with Crippen LogP contribution in [0.2, 0.25) is 0 Å². The summed E-state index contributed by atoms with van der Waals surface area (Å²) in [5.41, 5.74) is 2.79. The SMILES string of the molecule is Cc1cc(C)c(S(=O)(=O)N[C@@H](Cc2ccc(OCCCNc3ccccn3)cc2)C(=O)O)c(C)c1. The van der Waals surface area contributed by atoms with Crippen molar-refractivity contribution in [1.82, 2.24) is 9.71 Å². The number of aliphatic carboxylic acids is 1. The number of nitrogens with zero attached hydrogens (tertiary/aromatic N) is 1. The molecular formula is C26H31N3O5S. The lowest BCUT2D eigenvalue weighted by atomic mass is 10.1. The molecule has 3 N–H and O–H groups in total.